The minimum atomic E-state index is -0.866. The summed E-state index contributed by atoms with van der Waals surface area (Å²) < 4.78 is 34.5. The number of fused-ring (bicyclic) bond motifs is 2. The second-order valence-corrected chi connectivity index (χ2v) is 14.2. The molecule has 2 aromatic carbocycles. The highest BCUT2D eigenvalue weighted by atomic mass is 19.1. The first-order chi connectivity index (χ1) is 24.4. The summed E-state index contributed by atoms with van der Waals surface area (Å²) in [7, 11) is 0. The van der Waals surface area contributed by atoms with Gasteiger partial charge in [-0.2, -0.15) is 5.10 Å². The van der Waals surface area contributed by atoms with Crippen LogP contribution in [0.1, 0.15) is 80.7 Å². The summed E-state index contributed by atoms with van der Waals surface area (Å²) in [5, 5.41) is 10.3. The third kappa shape index (κ3) is 6.82. The van der Waals surface area contributed by atoms with Crippen molar-refractivity contribution in [3.05, 3.63) is 123 Å². The largest absolute Gasteiger partial charge is 0.444 e. The van der Waals surface area contributed by atoms with Gasteiger partial charge in [0, 0.05) is 23.3 Å². The van der Waals surface area contributed by atoms with E-state index in [1.54, 1.807) is 45.2 Å². The zero-order chi connectivity index (χ0) is 35.9. The van der Waals surface area contributed by atoms with Crippen LogP contribution in [0.25, 0.3) is 21.9 Å². The number of carbonyl (C=O) groups excluding carboxylic acids is 2. The van der Waals surface area contributed by atoms with Gasteiger partial charge in [0.05, 0.1) is 52.6 Å². The minimum absolute atomic E-state index is 0.00168. The smallest absolute Gasteiger partial charge is 0.407 e. The molecule has 7 rings (SSSR count). The van der Waals surface area contributed by atoms with E-state index in [1.165, 1.54) is 24.4 Å². The number of nitrogens with one attached hydrogen (secondary N) is 2. The molecule has 10 nitrogen and oxygen atoms in total. The van der Waals surface area contributed by atoms with E-state index in [4.69, 9.17) is 9.72 Å². The lowest BCUT2D eigenvalue weighted by Gasteiger charge is -2.37. The number of nitrogens with zero attached hydrogens (tertiary/aromatic N) is 4. The fourth-order valence-electron chi connectivity index (χ4n) is 6.97. The number of hydrogen-bond donors (Lipinski definition) is 2. The van der Waals surface area contributed by atoms with Crippen LogP contribution < -0.4 is 10.9 Å². The summed E-state index contributed by atoms with van der Waals surface area (Å²) >= 11 is 0. The molecule has 2 aliphatic rings. The van der Waals surface area contributed by atoms with Gasteiger partial charge in [-0.1, -0.05) is 24.3 Å². The van der Waals surface area contributed by atoms with E-state index in [-0.39, 0.29) is 36.2 Å². The van der Waals surface area contributed by atoms with Crippen LogP contribution in [-0.4, -0.2) is 42.7 Å². The van der Waals surface area contributed by atoms with Crippen LogP contribution in [-0.2, 0) is 34.5 Å². The van der Waals surface area contributed by atoms with E-state index in [2.05, 4.69) is 20.5 Å². The Bertz CT molecular complexity index is 2170. The van der Waals surface area contributed by atoms with Gasteiger partial charge in [0.2, 0.25) is 5.91 Å². The second kappa shape index (κ2) is 13.3. The molecule has 51 heavy (non-hydrogen) atoms. The predicted octanol–water partition coefficient (Wildman–Crippen LogP) is 6.82. The molecule has 3 heterocycles. The molecule has 5 aromatic rings. The molecule has 2 N–H and O–H groups in total. The van der Waals surface area contributed by atoms with Crippen molar-refractivity contribution in [2.45, 2.75) is 83.0 Å². The molecular weight excluding hydrogens is 654 g/mol. The molecular formula is C39H38F2N6O4. The highest BCUT2D eigenvalue weighted by molar-refractivity contribution is 5.94. The van der Waals surface area contributed by atoms with Crippen molar-refractivity contribution >= 4 is 22.8 Å². The number of rotatable bonds is 8. The van der Waals surface area contributed by atoms with Crippen molar-refractivity contribution in [1.29, 1.82) is 0 Å². The third-order valence-electron chi connectivity index (χ3n) is 9.59. The molecule has 1 atom stereocenters. The average Bonchev–Trinajstić information content (AvgIpc) is 3.92. The Morgan fingerprint density at radius 2 is 1.80 bits per heavy atom. The Hall–Kier alpha value is -5.52. The van der Waals surface area contributed by atoms with E-state index >= 15 is 0 Å². The molecule has 1 fully saturated rings. The number of alkyl carbamates (subject to hydrolysis) is 1. The molecule has 0 aliphatic heterocycles. The Morgan fingerprint density at radius 3 is 2.51 bits per heavy atom. The molecule has 3 aromatic heterocycles. The highest BCUT2D eigenvalue weighted by Crippen LogP contribution is 2.52. The standard InChI is InChI=1S/C39H38F2N6O4/c1-38(2,3)51-37(50)44-21-31-28-19-25(13-15-27(28)35(48)46-45-31)39(16-17-39)36(49)47(32-11-4-7-23-8-6-18-42-34(23)32)22-26-14-12-24(20-43-26)33-29(40)9-5-10-30(33)41/h5-6,8-10,12-15,18-20,32H,4,7,11,16-17,21-22H2,1-3H3,(H,44,50)(H,46,48). The van der Waals surface area contributed by atoms with Crippen molar-refractivity contribution < 1.29 is 23.1 Å². The van der Waals surface area contributed by atoms with Crippen molar-refractivity contribution in [2.75, 3.05) is 0 Å². The molecule has 262 valence electrons. The van der Waals surface area contributed by atoms with Gasteiger partial charge in [-0.3, -0.25) is 19.6 Å². The van der Waals surface area contributed by atoms with E-state index in [1.807, 2.05) is 29.2 Å². The van der Waals surface area contributed by atoms with Gasteiger partial charge in [-0.15, -0.1) is 0 Å². The number of hydrogen-bond acceptors (Lipinski definition) is 7. The SMILES string of the molecule is CC(C)(C)OC(=O)NCc1n[nH]c(=O)c2ccc(C3(C(=O)N(Cc4ccc(-c5c(F)cccc5F)cn4)C4CCCc5cccnc54)CC3)cc12. The summed E-state index contributed by atoms with van der Waals surface area (Å²) in [6.45, 7) is 5.45. The monoisotopic (exact) mass is 692 g/mol. The lowest BCUT2D eigenvalue weighted by molar-refractivity contribution is -0.137. The van der Waals surface area contributed by atoms with Crippen LogP contribution in [0.5, 0.6) is 0 Å². The normalized spacial score (nSPS) is 16.3. The predicted molar refractivity (Wildman–Crippen MR) is 186 cm³/mol. The van der Waals surface area contributed by atoms with Crippen molar-refractivity contribution in [2.24, 2.45) is 0 Å². The van der Waals surface area contributed by atoms with Gasteiger partial charge in [0.15, 0.2) is 0 Å². The third-order valence-corrected chi connectivity index (χ3v) is 9.59. The van der Waals surface area contributed by atoms with Gasteiger partial charge in [0.25, 0.3) is 5.56 Å². The van der Waals surface area contributed by atoms with Crippen LogP contribution in [0.4, 0.5) is 13.6 Å². The van der Waals surface area contributed by atoms with E-state index in [9.17, 15) is 23.2 Å². The first kappa shape index (κ1) is 34.0. The number of aromatic nitrogens is 4. The molecule has 1 unspecified atom stereocenters. The van der Waals surface area contributed by atoms with Gasteiger partial charge < -0.3 is 15.0 Å². The lowest BCUT2D eigenvalue weighted by atomic mass is 9.87. The maximum Gasteiger partial charge on any atom is 0.407 e. The fourth-order valence-corrected chi connectivity index (χ4v) is 6.97. The number of amides is 2. The quantitative estimate of drug-likeness (QED) is 0.183. The average molecular weight is 693 g/mol. The molecule has 1 saturated carbocycles. The molecule has 0 saturated heterocycles. The number of benzene rings is 2. The minimum Gasteiger partial charge on any atom is -0.444 e. The summed E-state index contributed by atoms with van der Waals surface area (Å²) in [6, 6.07) is 16.0. The van der Waals surface area contributed by atoms with E-state index in [0.29, 0.717) is 47.0 Å². The number of halogens is 2. The Balaban J connectivity index is 1.23. The topological polar surface area (TPSA) is 130 Å². The van der Waals surface area contributed by atoms with E-state index < -0.39 is 28.7 Å². The number of H-pyrrole nitrogens is 1. The lowest BCUT2D eigenvalue weighted by Crippen LogP contribution is -2.43. The van der Waals surface area contributed by atoms with Crippen LogP contribution in [0.15, 0.2) is 77.9 Å². The van der Waals surface area contributed by atoms with E-state index in [0.717, 1.165) is 29.7 Å². The summed E-state index contributed by atoms with van der Waals surface area (Å²) in [5.74, 6) is -1.46. The molecule has 2 aliphatic carbocycles. The zero-order valence-corrected chi connectivity index (χ0v) is 28.6. The number of aryl methyl sites for hydroxylation is 1. The van der Waals surface area contributed by atoms with Crippen molar-refractivity contribution in [3.63, 3.8) is 0 Å². The highest BCUT2D eigenvalue weighted by Gasteiger charge is 2.54. The Labute approximate surface area is 293 Å². The summed E-state index contributed by atoms with van der Waals surface area (Å²) in [4.78, 5) is 51.3. The zero-order valence-electron chi connectivity index (χ0n) is 28.6. The maximum atomic E-state index is 15.0. The first-order valence-corrected chi connectivity index (χ1v) is 17.1. The van der Waals surface area contributed by atoms with Crippen LogP contribution in [0.2, 0.25) is 0 Å². The molecule has 0 spiro atoms. The number of aromatic amines is 1. The van der Waals surface area contributed by atoms with Crippen LogP contribution in [0, 0.1) is 11.6 Å². The van der Waals surface area contributed by atoms with Crippen molar-refractivity contribution in [1.82, 2.24) is 30.4 Å². The maximum absolute atomic E-state index is 15.0. The molecule has 2 amide bonds. The number of carbonyl (C=O) groups is 2. The van der Waals surface area contributed by atoms with Crippen molar-refractivity contribution in [3.8, 4) is 11.1 Å². The van der Waals surface area contributed by atoms with Crippen LogP contribution >= 0.6 is 0 Å². The second-order valence-electron chi connectivity index (χ2n) is 14.2. The Morgan fingerprint density at radius 1 is 1.02 bits per heavy atom. The van der Waals surface area contributed by atoms with Gasteiger partial charge in [0.1, 0.15) is 17.2 Å². The number of pyridine rings is 2. The molecule has 0 bridgehead atoms. The molecule has 12 heteroatoms. The van der Waals surface area contributed by atoms with Gasteiger partial charge in [-0.25, -0.2) is 18.7 Å². The summed E-state index contributed by atoms with van der Waals surface area (Å²) in [6.07, 6.45) is 6.18. The molecule has 0 radical (unpaired) electrons. The van der Waals surface area contributed by atoms with Crippen LogP contribution in [0.3, 0.4) is 0 Å². The van der Waals surface area contributed by atoms with Gasteiger partial charge in [-0.05, 0) is 100 Å². The fraction of sp³-hybridized carbons (Fsp3) is 0.333. The van der Waals surface area contributed by atoms with Gasteiger partial charge >= 0.3 is 6.09 Å². The summed E-state index contributed by atoms with van der Waals surface area (Å²) in [5.41, 5.74) is 1.88. The Kier molecular flexibility index (Phi) is 8.86. The first-order valence-electron chi connectivity index (χ1n) is 17.1. The number of ether oxygens (including phenoxy) is 1.